The number of likely N-dealkylation sites (N-methyl/N-ethyl adjacent to an activating group) is 1. The summed E-state index contributed by atoms with van der Waals surface area (Å²) in [5.41, 5.74) is 4.32. The van der Waals surface area contributed by atoms with Crippen LogP contribution in [0.25, 0.3) is 22.6 Å². The summed E-state index contributed by atoms with van der Waals surface area (Å²) in [6.07, 6.45) is 1.64. The molecule has 0 aliphatic carbocycles. The molecular formula is C25H27N5O3. The van der Waals surface area contributed by atoms with Gasteiger partial charge < -0.3 is 15.0 Å². The minimum atomic E-state index is -0.267. The number of benzene rings is 2. The van der Waals surface area contributed by atoms with Crippen LogP contribution in [-0.2, 0) is 6.54 Å². The van der Waals surface area contributed by atoms with Gasteiger partial charge in [0.1, 0.15) is 5.52 Å². The minimum Gasteiger partial charge on any atom is -0.395 e. The van der Waals surface area contributed by atoms with Gasteiger partial charge in [0, 0.05) is 24.7 Å². The Balaban J connectivity index is 1.67. The number of rotatable bonds is 7. The number of imidazole rings is 1. The maximum absolute atomic E-state index is 12.7. The molecular weight excluding hydrogens is 418 g/mol. The van der Waals surface area contributed by atoms with E-state index in [1.54, 1.807) is 29.9 Å². The maximum Gasteiger partial charge on any atom is 0.328 e. The lowest BCUT2D eigenvalue weighted by molar-refractivity contribution is 0.0767. The number of hydrogen-bond acceptors (Lipinski definition) is 5. The van der Waals surface area contributed by atoms with Crippen LogP contribution in [0.4, 0.5) is 0 Å². The fourth-order valence-electron chi connectivity index (χ4n) is 3.83. The number of amides is 1. The predicted octanol–water partition coefficient (Wildman–Crippen LogP) is 3.02. The molecule has 0 fully saturated rings. The summed E-state index contributed by atoms with van der Waals surface area (Å²) in [4.78, 5) is 38.5. The van der Waals surface area contributed by atoms with Gasteiger partial charge in [0.25, 0.3) is 5.91 Å². The number of nitrogens with zero attached hydrogens (tertiary/aromatic N) is 4. The maximum atomic E-state index is 12.7. The van der Waals surface area contributed by atoms with Crippen LogP contribution in [0.3, 0.4) is 0 Å². The zero-order valence-electron chi connectivity index (χ0n) is 18.9. The number of H-pyrrole nitrogens is 1. The van der Waals surface area contributed by atoms with E-state index < -0.39 is 0 Å². The molecule has 0 saturated carbocycles. The molecule has 0 radical (unpaired) electrons. The van der Waals surface area contributed by atoms with Crippen molar-refractivity contribution < 1.29 is 9.90 Å². The summed E-state index contributed by atoms with van der Waals surface area (Å²) < 4.78 is 1.58. The molecule has 2 aromatic carbocycles. The third kappa shape index (κ3) is 4.56. The van der Waals surface area contributed by atoms with Crippen molar-refractivity contribution in [2.24, 2.45) is 0 Å². The zero-order valence-corrected chi connectivity index (χ0v) is 18.9. The van der Waals surface area contributed by atoms with Crippen LogP contribution in [-0.4, -0.2) is 55.6 Å². The topological polar surface area (TPSA) is 104 Å². The first-order chi connectivity index (χ1) is 15.9. The van der Waals surface area contributed by atoms with E-state index in [1.807, 2.05) is 30.3 Å². The zero-order chi connectivity index (χ0) is 23.5. The molecule has 8 heteroatoms. The first kappa shape index (κ1) is 22.4. The Morgan fingerprint density at radius 1 is 1.15 bits per heavy atom. The summed E-state index contributed by atoms with van der Waals surface area (Å²) in [7, 11) is 1.65. The number of hydrogen-bond donors (Lipinski definition) is 2. The van der Waals surface area contributed by atoms with Crippen molar-refractivity contribution in [2.75, 3.05) is 20.2 Å². The Bertz CT molecular complexity index is 1340. The van der Waals surface area contributed by atoms with Gasteiger partial charge in [0.05, 0.1) is 19.3 Å². The van der Waals surface area contributed by atoms with Gasteiger partial charge in [0.2, 0.25) is 0 Å². The van der Waals surface area contributed by atoms with Crippen molar-refractivity contribution in [3.8, 4) is 11.4 Å². The van der Waals surface area contributed by atoms with E-state index in [9.17, 15) is 9.59 Å². The minimum absolute atomic E-state index is 0.0880. The Labute approximate surface area is 191 Å². The van der Waals surface area contributed by atoms with Crippen LogP contribution in [0.5, 0.6) is 0 Å². The van der Waals surface area contributed by atoms with Gasteiger partial charge in [-0.05, 0) is 29.2 Å². The smallest absolute Gasteiger partial charge is 0.328 e. The van der Waals surface area contributed by atoms with E-state index in [-0.39, 0.29) is 24.7 Å². The van der Waals surface area contributed by atoms with E-state index in [1.165, 1.54) is 4.90 Å². The van der Waals surface area contributed by atoms with Gasteiger partial charge in [0.15, 0.2) is 11.5 Å². The van der Waals surface area contributed by atoms with Gasteiger partial charge in [-0.15, -0.1) is 0 Å². The van der Waals surface area contributed by atoms with E-state index in [0.717, 1.165) is 16.7 Å². The monoisotopic (exact) mass is 445 g/mol. The molecule has 0 bridgehead atoms. The van der Waals surface area contributed by atoms with Crippen molar-refractivity contribution in [3.05, 3.63) is 81.9 Å². The largest absolute Gasteiger partial charge is 0.395 e. The molecule has 8 nitrogen and oxygen atoms in total. The average molecular weight is 446 g/mol. The second kappa shape index (κ2) is 9.38. The highest BCUT2D eigenvalue weighted by atomic mass is 16.3. The van der Waals surface area contributed by atoms with Crippen molar-refractivity contribution in [3.63, 3.8) is 0 Å². The van der Waals surface area contributed by atoms with Gasteiger partial charge in [-0.2, -0.15) is 0 Å². The molecule has 0 atom stereocenters. The molecule has 2 heterocycles. The molecule has 1 amide bonds. The highest BCUT2D eigenvalue weighted by Crippen LogP contribution is 2.27. The second-order valence-electron chi connectivity index (χ2n) is 8.34. The lowest BCUT2D eigenvalue weighted by Crippen LogP contribution is -2.29. The number of nitrogens with one attached hydrogen (secondary N) is 1. The predicted molar refractivity (Wildman–Crippen MR) is 127 cm³/mol. The fraction of sp³-hybridized carbons (Fsp3) is 0.280. The Morgan fingerprint density at radius 2 is 1.88 bits per heavy atom. The molecule has 2 aromatic heterocycles. The SMILES string of the molecule is CC(C)c1ccccc1-c1ncc2[nH]c(=O)n(Cc3ccc(C(=O)N(C)CCO)cc3)c2n1. The van der Waals surface area contributed by atoms with Crippen LogP contribution in [0.2, 0.25) is 0 Å². The van der Waals surface area contributed by atoms with Gasteiger partial charge in [-0.25, -0.2) is 14.8 Å². The Kier molecular flexibility index (Phi) is 6.37. The van der Waals surface area contributed by atoms with Crippen LogP contribution in [0.15, 0.2) is 59.5 Å². The number of carbonyl (C=O) groups excluding carboxylic acids is 1. The fourth-order valence-corrected chi connectivity index (χ4v) is 3.83. The van der Waals surface area contributed by atoms with Gasteiger partial charge in [-0.3, -0.25) is 9.36 Å². The number of aliphatic hydroxyl groups excluding tert-OH is 1. The molecule has 33 heavy (non-hydrogen) atoms. The Morgan fingerprint density at radius 3 is 2.58 bits per heavy atom. The summed E-state index contributed by atoms with van der Waals surface area (Å²) in [6.45, 7) is 4.74. The first-order valence-corrected chi connectivity index (χ1v) is 10.9. The van der Waals surface area contributed by atoms with Crippen molar-refractivity contribution in [1.29, 1.82) is 0 Å². The molecule has 4 aromatic rings. The van der Waals surface area contributed by atoms with E-state index in [2.05, 4.69) is 29.9 Å². The molecule has 0 aliphatic rings. The van der Waals surface area contributed by atoms with Crippen LogP contribution >= 0.6 is 0 Å². The summed E-state index contributed by atoms with van der Waals surface area (Å²) >= 11 is 0. The van der Waals surface area contributed by atoms with Crippen LogP contribution in [0, 0.1) is 0 Å². The lowest BCUT2D eigenvalue weighted by atomic mass is 9.97. The summed E-state index contributed by atoms with van der Waals surface area (Å²) in [5, 5.41) is 9.03. The van der Waals surface area contributed by atoms with E-state index in [4.69, 9.17) is 10.1 Å². The number of aliphatic hydroxyl groups is 1. The third-order valence-corrected chi connectivity index (χ3v) is 5.66. The number of aromatic nitrogens is 4. The van der Waals surface area contributed by atoms with Gasteiger partial charge in [-0.1, -0.05) is 50.2 Å². The quantitative estimate of drug-likeness (QED) is 0.455. The highest BCUT2D eigenvalue weighted by molar-refractivity contribution is 5.94. The van der Waals surface area contributed by atoms with Crippen LogP contribution in [0.1, 0.15) is 41.3 Å². The molecule has 0 saturated heterocycles. The van der Waals surface area contributed by atoms with Gasteiger partial charge >= 0.3 is 5.69 Å². The van der Waals surface area contributed by atoms with Crippen molar-refractivity contribution >= 4 is 17.1 Å². The molecule has 0 spiro atoms. The normalized spacial score (nSPS) is 11.3. The van der Waals surface area contributed by atoms with Crippen molar-refractivity contribution in [2.45, 2.75) is 26.3 Å². The first-order valence-electron chi connectivity index (χ1n) is 10.9. The number of fused-ring (bicyclic) bond motifs is 1. The number of carbonyl (C=O) groups is 1. The average Bonchev–Trinajstić information content (AvgIpc) is 3.13. The molecule has 2 N–H and O–H groups in total. The standard InChI is InChI=1S/C25H27N5O3/c1-16(2)19-6-4-5-7-20(19)22-26-14-21-23(28-22)30(25(33)27-21)15-17-8-10-18(11-9-17)24(32)29(3)12-13-31/h4-11,14,16,31H,12-13,15H2,1-3H3,(H,27,33). The third-order valence-electron chi connectivity index (χ3n) is 5.66. The molecule has 0 aliphatic heterocycles. The summed E-state index contributed by atoms with van der Waals surface area (Å²) in [6, 6.07) is 15.1. The lowest BCUT2D eigenvalue weighted by Gasteiger charge is -2.15. The summed E-state index contributed by atoms with van der Waals surface area (Å²) in [5.74, 6) is 0.722. The molecule has 0 unspecified atom stereocenters. The van der Waals surface area contributed by atoms with E-state index >= 15 is 0 Å². The Hall–Kier alpha value is -3.78. The second-order valence-corrected chi connectivity index (χ2v) is 8.34. The highest BCUT2D eigenvalue weighted by Gasteiger charge is 2.15. The molecule has 170 valence electrons. The molecule has 4 rings (SSSR count). The van der Waals surface area contributed by atoms with Crippen molar-refractivity contribution in [1.82, 2.24) is 24.4 Å². The van der Waals surface area contributed by atoms with E-state index in [0.29, 0.717) is 35.0 Å². The number of aromatic amines is 1. The van der Waals surface area contributed by atoms with Crippen LogP contribution < -0.4 is 5.69 Å².